The van der Waals surface area contributed by atoms with Crippen LogP contribution in [0.2, 0.25) is 0 Å². The number of amides is 1. The summed E-state index contributed by atoms with van der Waals surface area (Å²) in [6.45, 7) is 0. The molecule has 0 saturated heterocycles. The molecule has 110 valence electrons. The summed E-state index contributed by atoms with van der Waals surface area (Å²) >= 11 is 3.40. The Morgan fingerprint density at radius 3 is 2.82 bits per heavy atom. The molecule has 2 aliphatic rings. The highest BCUT2D eigenvalue weighted by Gasteiger charge is 2.51. The van der Waals surface area contributed by atoms with Gasteiger partial charge in [0.2, 0.25) is 5.91 Å². The van der Waals surface area contributed by atoms with Crippen LogP contribution in [0.25, 0.3) is 0 Å². The van der Waals surface area contributed by atoms with Crippen LogP contribution >= 0.6 is 15.9 Å². The highest BCUT2D eigenvalue weighted by Crippen LogP contribution is 2.47. The molecule has 1 aromatic carbocycles. The van der Waals surface area contributed by atoms with E-state index >= 15 is 0 Å². The van der Waals surface area contributed by atoms with Crippen molar-refractivity contribution in [3.05, 3.63) is 57.2 Å². The van der Waals surface area contributed by atoms with Crippen molar-refractivity contribution >= 4 is 33.6 Å². The lowest BCUT2D eigenvalue weighted by Crippen LogP contribution is -2.35. The molecule has 1 aliphatic carbocycles. The Morgan fingerprint density at radius 1 is 1.27 bits per heavy atom. The third kappa shape index (κ3) is 1.73. The van der Waals surface area contributed by atoms with Crippen LogP contribution in [0.1, 0.15) is 27.0 Å². The maximum atomic E-state index is 12.6. The molecule has 2 N–H and O–H groups in total. The number of nitrogens with one attached hydrogen (secondary N) is 1. The van der Waals surface area contributed by atoms with E-state index < -0.39 is 11.4 Å². The second kappa shape index (κ2) is 4.39. The lowest BCUT2D eigenvalue weighted by molar-refractivity contribution is -0.120. The molecule has 0 fully saturated rings. The first kappa shape index (κ1) is 13.5. The fraction of sp³-hybridized carbons (Fsp3) is 0.188. The zero-order valence-corrected chi connectivity index (χ0v) is 13.0. The summed E-state index contributed by atoms with van der Waals surface area (Å²) < 4.78 is 0.823. The molecule has 0 radical (unpaired) electrons. The number of benzene rings is 1. The van der Waals surface area contributed by atoms with Gasteiger partial charge in [0.25, 0.3) is 0 Å². The predicted octanol–water partition coefficient (Wildman–Crippen LogP) is 2.53. The fourth-order valence-electron chi connectivity index (χ4n) is 3.41. The normalized spacial score (nSPS) is 21.6. The number of nitrogens with zero attached hydrogens (tertiary/aromatic N) is 1. The number of anilines is 1. The van der Waals surface area contributed by atoms with E-state index in [1.165, 1.54) is 0 Å². The number of pyridine rings is 1. The third-order valence-corrected chi connectivity index (χ3v) is 4.91. The number of fused-ring (bicyclic) bond motifs is 3. The van der Waals surface area contributed by atoms with Crippen molar-refractivity contribution in [3.8, 4) is 0 Å². The van der Waals surface area contributed by atoms with Crippen molar-refractivity contribution < 1.29 is 14.7 Å². The average molecular weight is 359 g/mol. The number of hydrogen-bond acceptors (Lipinski definition) is 3. The Morgan fingerprint density at radius 2 is 2.05 bits per heavy atom. The molecule has 4 rings (SSSR count). The van der Waals surface area contributed by atoms with Crippen LogP contribution in [-0.4, -0.2) is 22.0 Å². The van der Waals surface area contributed by atoms with Gasteiger partial charge in [-0.25, -0.2) is 9.78 Å². The fourth-order valence-corrected chi connectivity index (χ4v) is 3.74. The molecular weight excluding hydrogens is 348 g/mol. The van der Waals surface area contributed by atoms with Crippen molar-refractivity contribution in [1.29, 1.82) is 0 Å². The number of aromatic carboxylic acids is 1. The van der Waals surface area contributed by atoms with Gasteiger partial charge in [-0.3, -0.25) is 4.79 Å². The monoisotopic (exact) mass is 358 g/mol. The lowest BCUT2D eigenvalue weighted by Gasteiger charge is -2.20. The van der Waals surface area contributed by atoms with E-state index in [9.17, 15) is 9.59 Å². The molecule has 0 saturated carbocycles. The van der Waals surface area contributed by atoms with Crippen LogP contribution in [0, 0.1) is 0 Å². The highest BCUT2D eigenvalue weighted by molar-refractivity contribution is 9.10. The van der Waals surface area contributed by atoms with Gasteiger partial charge in [-0.05, 0) is 58.1 Å². The minimum absolute atomic E-state index is 0.0684. The number of hydrogen-bond donors (Lipinski definition) is 2. The summed E-state index contributed by atoms with van der Waals surface area (Å²) in [4.78, 5) is 28.0. The van der Waals surface area contributed by atoms with E-state index in [0.717, 1.165) is 21.2 Å². The quantitative estimate of drug-likeness (QED) is 0.820. The van der Waals surface area contributed by atoms with Crippen LogP contribution in [0.4, 0.5) is 5.82 Å². The Bertz CT molecular complexity index is 849. The van der Waals surface area contributed by atoms with Crippen molar-refractivity contribution in [1.82, 2.24) is 4.98 Å². The van der Waals surface area contributed by atoms with Gasteiger partial charge < -0.3 is 10.4 Å². The maximum Gasteiger partial charge on any atom is 0.335 e. The molecule has 1 atom stereocenters. The van der Waals surface area contributed by atoms with Gasteiger partial charge in [0.1, 0.15) is 5.82 Å². The molecule has 0 bridgehead atoms. The van der Waals surface area contributed by atoms with E-state index in [-0.39, 0.29) is 11.5 Å². The van der Waals surface area contributed by atoms with Gasteiger partial charge in [0, 0.05) is 16.2 Å². The number of aromatic nitrogens is 1. The summed E-state index contributed by atoms with van der Waals surface area (Å²) in [5, 5.41) is 12.0. The van der Waals surface area contributed by atoms with Crippen LogP contribution in [-0.2, 0) is 23.1 Å². The van der Waals surface area contributed by atoms with Crippen molar-refractivity contribution in [2.24, 2.45) is 0 Å². The first-order chi connectivity index (χ1) is 10.5. The van der Waals surface area contributed by atoms with Gasteiger partial charge in [-0.15, -0.1) is 0 Å². The Labute approximate surface area is 134 Å². The largest absolute Gasteiger partial charge is 0.478 e. The second-order valence-electron chi connectivity index (χ2n) is 5.73. The van der Waals surface area contributed by atoms with Gasteiger partial charge in [0.05, 0.1) is 11.0 Å². The SMILES string of the molecule is O=C(O)c1ccc2c(c1)C[C@@]1(C2)C(=O)Nc2ncc(Br)cc21. The summed E-state index contributed by atoms with van der Waals surface area (Å²) in [7, 11) is 0. The smallest absolute Gasteiger partial charge is 0.335 e. The Hall–Kier alpha value is -2.21. The number of carboxylic acids is 1. The second-order valence-corrected chi connectivity index (χ2v) is 6.64. The van der Waals surface area contributed by atoms with Crippen molar-refractivity contribution in [2.45, 2.75) is 18.3 Å². The molecule has 5 nitrogen and oxygen atoms in total. The zero-order chi connectivity index (χ0) is 15.5. The third-order valence-electron chi connectivity index (χ3n) is 4.47. The van der Waals surface area contributed by atoms with E-state index in [4.69, 9.17) is 5.11 Å². The summed E-state index contributed by atoms with van der Waals surface area (Å²) in [6.07, 6.45) is 2.72. The van der Waals surface area contributed by atoms with Crippen molar-refractivity contribution in [2.75, 3.05) is 5.32 Å². The highest BCUT2D eigenvalue weighted by atomic mass is 79.9. The maximum absolute atomic E-state index is 12.6. The minimum Gasteiger partial charge on any atom is -0.478 e. The Balaban J connectivity index is 1.84. The number of carbonyl (C=O) groups excluding carboxylic acids is 1. The van der Waals surface area contributed by atoms with Crippen LogP contribution in [0.3, 0.4) is 0 Å². The first-order valence-electron chi connectivity index (χ1n) is 6.82. The van der Waals surface area contributed by atoms with Crippen LogP contribution < -0.4 is 5.32 Å². The molecular formula is C16H11BrN2O3. The van der Waals surface area contributed by atoms with E-state index in [1.807, 2.05) is 12.1 Å². The molecule has 1 amide bonds. The van der Waals surface area contributed by atoms with E-state index in [0.29, 0.717) is 18.7 Å². The Kier molecular flexibility index (Phi) is 2.69. The standard InChI is InChI=1S/C16H11BrN2O3/c17-11-4-12-13(18-7-11)19-15(22)16(12)5-9-2-1-8(14(20)21)3-10(9)6-16/h1-4,7H,5-6H2,(H,20,21)(H,18,19,22)/t16-/m1/s1. The summed E-state index contributed by atoms with van der Waals surface area (Å²) in [5.74, 6) is -0.426. The van der Waals surface area contributed by atoms with Crippen molar-refractivity contribution in [3.63, 3.8) is 0 Å². The average Bonchev–Trinajstić information content (AvgIpc) is 2.99. The van der Waals surface area contributed by atoms with E-state index in [2.05, 4.69) is 26.2 Å². The molecule has 2 aromatic rings. The number of halogens is 1. The zero-order valence-electron chi connectivity index (χ0n) is 11.4. The van der Waals surface area contributed by atoms with Crippen LogP contribution in [0.15, 0.2) is 34.9 Å². The predicted molar refractivity (Wildman–Crippen MR) is 83.1 cm³/mol. The number of rotatable bonds is 1. The molecule has 0 unspecified atom stereocenters. The van der Waals surface area contributed by atoms with Gasteiger partial charge in [0.15, 0.2) is 0 Å². The summed E-state index contributed by atoms with van der Waals surface area (Å²) in [6, 6.07) is 6.99. The topological polar surface area (TPSA) is 79.3 Å². The lowest BCUT2D eigenvalue weighted by atomic mass is 9.79. The number of carboxylic acid groups (broad SMARTS) is 1. The molecule has 2 heterocycles. The van der Waals surface area contributed by atoms with Gasteiger partial charge in [-0.1, -0.05) is 6.07 Å². The first-order valence-corrected chi connectivity index (χ1v) is 7.61. The molecule has 6 heteroatoms. The van der Waals surface area contributed by atoms with Gasteiger partial charge in [-0.2, -0.15) is 0 Å². The molecule has 1 spiro atoms. The van der Waals surface area contributed by atoms with Gasteiger partial charge >= 0.3 is 5.97 Å². The molecule has 1 aromatic heterocycles. The molecule has 22 heavy (non-hydrogen) atoms. The number of carbonyl (C=O) groups is 2. The van der Waals surface area contributed by atoms with E-state index in [1.54, 1.807) is 18.3 Å². The van der Waals surface area contributed by atoms with Crippen LogP contribution in [0.5, 0.6) is 0 Å². The minimum atomic E-state index is -0.954. The molecule has 1 aliphatic heterocycles. The summed E-state index contributed by atoms with van der Waals surface area (Å²) in [5.41, 5.74) is 2.39.